The Morgan fingerprint density at radius 3 is 2.12 bits per heavy atom. The SMILES string of the molecule is O=[N+]([O-])c1ccc(Oc2ccc(C(F)(F)F)cc2Cl)cc1S(=O)(=O)NS(=O)(=O)c1ccccc1. The summed E-state index contributed by atoms with van der Waals surface area (Å²) >= 11 is 5.81. The molecule has 15 heteroatoms. The highest BCUT2D eigenvalue weighted by atomic mass is 35.5. The van der Waals surface area contributed by atoms with Gasteiger partial charge in [0.25, 0.3) is 25.7 Å². The summed E-state index contributed by atoms with van der Waals surface area (Å²) in [7, 11) is -9.67. The molecule has 0 radical (unpaired) electrons. The lowest BCUT2D eigenvalue weighted by Gasteiger charge is -2.13. The topological polar surface area (TPSA) is 133 Å². The number of nitrogens with one attached hydrogen (secondary N) is 1. The van der Waals surface area contributed by atoms with Gasteiger partial charge in [0.05, 0.1) is 20.4 Å². The molecular formula is C19H12ClF3N2O7S2. The smallest absolute Gasteiger partial charge is 0.416 e. The largest absolute Gasteiger partial charge is 0.456 e. The summed E-state index contributed by atoms with van der Waals surface area (Å²) in [4.78, 5) is 8.83. The molecule has 0 atom stereocenters. The van der Waals surface area contributed by atoms with Crippen LogP contribution in [0.3, 0.4) is 0 Å². The standard InChI is InChI=1S/C19H12ClF3N2O7S2/c20-15-10-12(19(21,22)23)6-9-17(15)32-13-7-8-16(25(26)27)18(11-13)34(30,31)24-33(28,29)14-4-2-1-3-5-14/h1-11,24H. The van der Waals surface area contributed by atoms with Gasteiger partial charge in [-0.3, -0.25) is 10.1 Å². The Morgan fingerprint density at radius 1 is 0.912 bits per heavy atom. The third kappa shape index (κ3) is 5.64. The van der Waals surface area contributed by atoms with Crippen LogP contribution in [0, 0.1) is 10.1 Å². The average molecular weight is 537 g/mol. The predicted octanol–water partition coefficient (Wildman–Crippen LogP) is 4.73. The molecule has 0 heterocycles. The van der Waals surface area contributed by atoms with E-state index in [1.165, 1.54) is 22.3 Å². The van der Waals surface area contributed by atoms with Gasteiger partial charge in [-0.15, -0.1) is 4.13 Å². The van der Waals surface area contributed by atoms with Gasteiger partial charge in [0.1, 0.15) is 11.5 Å². The van der Waals surface area contributed by atoms with E-state index in [1.54, 1.807) is 0 Å². The average Bonchev–Trinajstić information content (AvgIpc) is 2.74. The number of nitro groups is 1. The van der Waals surface area contributed by atoms with E-state index in [0.717, 1.165) is 30.3 Å². The Morgan fingerprint density at radius 2 is 1.56 bits per heavy atom. The van der Waals surface area contributed by atoms with Gasteiger partial charge >= 0.3 is 6.18 Å². The first kappa shape index (κ1) is 25.4. The van der Waals surface area contributed by atoms with Crippen LogP contribution in [0.5, 0.6) is 11.5 Å². The predicted molar refractivity (Wildman–Crippen MR) is 114 cm³/mol. The van der Waals surface area contributed by atoms with Crippen LogP contribution in [0.2, 0.25) is 5.02 Å². The second-order valence-electron chi connectivity index (χ2n) is 6.53. The van der Waals surface area contributed by atoms with Gasteiger partial charge in [-0.1, -0.05) is 29.8 Å². The van der Waals surface area contributed by atoms with Crippen LogP contribution >= 0.6 is 11.6 Å². The highest BCUT2D eigenvalue weighted by Gasteiger charge is 2.33. The lowest BCUT2D eigenvalue weighted by atomic mass is 10.2. The normalized spacial score (nSPS) is 12.4. The van der Waals surface area contributed by atoms with E-state index in [2.05, 4.69) is 0 Å². The van der Waals surface area contributed by atoms with Crippen LogP contribution in [-0.4, -0.2) is 21.8 Å². The van der Waals surface area contributed by atoms with Gasteiger partial charge in [-0.2, -0.15) is 13.2 Å². The molecule has 0 fully saturated rings. The van der Waals surface area contributed by atoms with Crippen molar-refractivity contribution in [3.05, 3.63) is 87.4 Å². The van der Waals surface area contributed by atoms with Gasteiger partial charge in [-0.25, -0.2) is 16.8 Å². The Labute approximate surface area is 196 Å². The molecule has 180 valence electrons. The summed E-state index contributed by atoms with van der Waals surface area (Å²) in [6.07, 6.45) is -4.67. The molecule has 0 saturated heterocycles. The molecule has 3 rings (SSSR count). The van der Waals surface area contributed by atoms with Crippen molar-refractivity contribution >= 4 is 37.3 Å². The first-order valence-electron chi connectivity index (χ1n) is 8.87. The minimum atomic E-state index is -5.03. The number of hydrogen-bond donors (Lipinski definition) is 1. The van der Waals surface area contributed by atoms with E-state index in [4.69, 9.17) is 16.3 Å². The van der Waals surface area contributed by atoms with E-state index in [0.29, 0.717) is 18.2 Å². The molecule has 0 aliphatic heterocycles. The molecule has 0 saturated carbocycles. The quantitative estimate of drug-likeness (QED) is 0.341. The lowest BCUT2D eigenvalue weighted by molar-refractivity contribution is -0.387. The van der Waals surface area contributed by atoms with Crippen LogP contribution in [-0.2, 0) is 26.2 Å². The maximum atomic E-state index is 12.8. The molecule has 0 spiro atoms. The van der Waals surface area contributed by atoms with Gasteiger partial charge in [0.2, 0.25) is 0 Å². The highest BCUT2D eigenvalue weighted by molar-refractivity contribution is 8.04. The van der Waals surface area contributed by atoms with Crippen LogP contribution in [0.1, 0.15) is 5.56 Å². The van der Waals surface area contributed by atoms with Crippen molar-refractivity contribution in [1.82, 2.24) is 4.13 Å². The van der Waals surface area contributed by atoms with Gasteiger partial charge < -0.3 is 4.74 Å². The molecule has 1 N–H and O–H groups in total. The van der Waals surface area contributed by atoms with Gasteiger partial charge in [0.15, 0.2) is 4.90 Å². The van der Waals surface area contributed by atoms with Crippen molar-refractivity contribution in [2.24, 2.45) is 0 Å². The molecule has 0 unspecified atom stereocenters. The number of sulfonamides is 2. The molecule has 0 aliphatic carbocycles. The minimum Gasteiger partial charge on any atom is -0.456 e. The van der Waals surface area contributed by atoms with Crippen LogP contribution in [0.15, 0.2) is 76.5 Å². The molecule has 0 aromatic heterocycles. The fraction of sp³-hybridized carbons (Fsp3) is 0.0526. The van der Waals surface area contributed by atoms with E-state index in [9.17, 15) is 40.1 Å². The zero-order valence-electron chi connectivity index (χ0n) is 16.5. The maximum Gasteiger partial charge on any atom is 0.416 e. The summed E-state index contributed by atoms with van der Waals surface area (Å²) in [5, 5.41) is 10.9. The lowest BCUT2D eigenvalue weighted by Crippen LogP contribution is -2.31. The molecule has 0 aliphatic rings. The highest BCUT2D eigenvalue weighted by Crippen LogP contribution is 2.37. The van der Waals surface area contributed by atoms with Crippen LogP contribution in [0.25, 0.3) is 0 Å². The maximum absolute atomic E-state index is 12.8. The number of alkyl halides is 3. The minimum absolute atomic E-state index is 0.309. The number of halogens is 4. The fourth-order valence-corrected chi connectivity index (χ4v) is 5.97. The summed E-state index contributed by atoms with van der Waals surface area (Å²) in [6, 6.07) is 10.9. The number of hydrogen-bond acceptors (Lipinski definition) is 7. The van der Waals surface area contributed by atoms with Crippen molar-refractivity contribution in [2.75, 3.05) is 0 Å². The second-order valence-corrected chi connectivity index (χ2v) is 10.5. The summed E-state index contributed by atoms with van der Waals surface area (Å²) in [5.41, 5.74) is -2.03. The zero-order valence-corrected chi connectivity index (χ0v) is 18.9. The van der Waals surface area contributed by atoms with E-state index in [-0.39, 0.29) is 11.5 Å². The molecule has 9 nitrogen and oxygen atoms in total. The van der Waals surface area contributed by atoms with E-state index < -0.39 is 57.2 Å². The molecule has 0 amide bonds. The summed E-state index contributed by atoms with van der Waals surface area (Å²) in [6.45, 7) is 0. The van der Waals surface area contributed by atoms with Gasteiger partial charge in [0, 0.05) is 12.1 Å². The molecule has 3 aromatic rings. The second kappa shape index (κ2) is 9.21. The Bertz CT molecular complexity index is 1460. The number of ether oxygens (including phenoxy) is 1. The number of benzene rings is 3. The Balaban J connectivity index is 2.01. The van der Waals surface area contributed by atoms with Crippen LogP contribution < -0.4 is 8.86 Å². The molecule has 3 aromatic carbocycles. The van der Waals surface area contributed by atoms with E-state index in [1.807, 2.05) is 0 Å². The van der Waals surface area contributed by atoms with E-state index >= 15 is 0 Å². The van der Waals surface area contributed by atoms with Crippen molar-refractivity contribution in [2.45, 2.75) is 16.0 Å². The molecule has 0 bridgehead atoms. The first-order valence-corrected chi connectivity index (χ1v) is 12.2. The zero-order chi connectivity index (χ0) is 25.3. The van der Waals surface area contributed by atoms with Crippen molar-refractivity contribution < 1.29 is 39.7 Å². The van der Waals surface area contributed by atoms with Crippen LogP contribution in [0.4, 0.5) is 18.9 Å². The van der Waals surface area contributed by atoms with Crippen molar-refractivity contribution in [1.29, 1.82) is 0 Å². The number of rotatable bonds is 7. The number of nitrogens with zero attached hydrogens (tertiary/aromatic N) is 1. The van der Waals surface area contributed by atoms with Gasteiger partial charge in [-0.05, 0) is 36.4 Å². The fourth-order valence-electron chi connectivity index (χ4n) is 2.65. The monoisotopic (exact) mass is 536 g/mol. The Hall–Kier alpha value is -3.20. The molecular weight excluding hydrogens is 525 g/mol. The van der Waals surface area contributed by atoms with Crippen molar-refractivity contribution in [3.8, 4) is 11.5 Å². The van der Waals surface area contributed by atoms with Crippen molar-refractivity contribution in [3.63, 3.8) is 0 Å². The Kier molecular flexibility index (Phi) is 6.89. The third-order valence-corrected chi connectivity index (χ3v) is 8.03. The molecule has 34 heavy (non-hydrogen) atoms. The summed E-state index contributed by atoms with van der Waals surface area (Å²) in [5.74, 6) is -0.679. The third-order valence-electron chi connectivity index (χ3n) is 4.18. The number of nitro benzene ring substituents is 1. The first-order chi connectivity index (χ1) is 15.7. The summed E-state index contributed by atoms with van der Waals surface area (Å²) < 4.78 is 95.5.